The quantitative estimate of drug-likeness (QED) is 0.808. The highest BCUT2D eigenvalue weighted by molar-refractivity contribution is 7.99. The maximum absolute atomic E-state index is 12.3. The molecule has 1 aliphatic rings. The summed E-state index contributed by atoms with van der Waals surface area (Å²) in [5, 5.41) is 0.652. The Morgan fingerprint density at radius 3 is 2.81 bits per heavy atom. The van der Waals surface area contributed by atoms with Crippen molar-refractivity contribution < 1.29 is 9.53 Å². The molecule has 0 unspecified atom stereocenters. The number of carbonyl (C=O) groups is 1. The van der Waals surface area contributed by atoms with Crippen LogP contribution in [0.2, 0.25) is 0 Å². The normalized spacial score (nSPS) is 16.6. The lowest BCUT2D eigenvalue weighted by Crippen LogP contribution is -2.51. The van der Waals surface area contributed by atoms with Gasteiger partial charge in [0.05, 0.1) is 13.7 Å². The van der Waals surface area contributed by atoms with Gasteiger partial charge in [0.1, 0.15) is 5.75 Å². The first-order chi connectivity index (χ1) is 10.1. The van der Waals surface area contributed by atoms with Gasteiger partial charge in [0.2, 0.25) is 5.91 Å². The Morgan fingerprint density at radius 2 is 2.14 bits per heavy atom. The van der Waals surface area contributed by atoms with Gasteiger partial charge in [-0.25, -0.2) is 0 Å². The highest BCUT2D eigenvalue weighted by atomic mass is 32.2. The van der Waals surface area contributed by atoms with E-state index in [1.807, 2.05) is 40.9 Å². The minimum Gasteiger partial charge on any atom is -0.497 e. The fourth-order valence-electron chi connectivity index (χ4n) is 2.38. The van der Waals surface area contributed by atoms with Crippen LogP contribution < -0.4 is 9.64 Å². The number of rotatable bonds is 6. The Balaban J connectivity index is 1.90. The molecule has 1 aromatic carbocycles. The first kappa shape index (κ1) is 16.2. The van der Waals surface area contributed by atoms with Gasteiger partial charge in [-0.2, -0.15) is 11.8 Å². The van der Waals surface area contributed by atoms with Gasteiger partial charge in [-0.3, -0.25) is 9.69 Å². The molecular weight excluding hydrogens is 284 g/mol. The zero-order valence-corrected chi connectivity index (χ0v) is 13.9. The van der Waals surface area contributed by atoms with Gasteiger partial charge in [0.25, 0.3) is 0 Å². The summed E-state index contributed by atoms with van der Waals surface area (Å²) in [6, 6.07) is 7.70. The molecule has 0 spiro atoms. The van der Waals surface area contributed by atoms with Gasteiger partial charge in [-0.15, -0.1) is 0 Å². The molecule has 1 heterocycles. The number of amides is 1. The number of hydrogen-bond acceptors (Lipinski definition) is 4. The monoisotopic (exact) mass is 308 g/mol. The highest BCUT2D eigenvalue weighted by Gasteiger charge is 2.24. The summed E-state index contributed by atoms with van der Waals surface area (Å²) in [6.07, 6.45) is 0. The molecular formula is C16H24N2O2S. The van der Waals surface area contributed by atoms with Crippen molar-refractivity contribution in [2.45, 2.75) is 19.1 Å². The number of hydrogen-bond donors (Lipinski definition) is 0. The lowest BCUT2D eigenvalue weighted by Gasteiger charge is -2.34. The van der Waals surface area contributed by atoms with Crippen LogP contribution >= 0.6 is 11.8 Å². The van der Waals surface area contributed by atoms with E-state index < -0.39 is 0 Å². The average molecular weight is 308 g/mol. The van der Waals surface area contributed by atoms with Crippen LogP contribution in [-0.4, -0.2) is 55.1 Å². The van der Waals surface area contributed by atoms with Crippen LogP contribution in [0.15, 0.2) is 24.3 Å². The van der Waals surface area contributed by atoms with E-state index in [2.05, 4.69) is 18.7 Å². The topological polar surface area (TPSA) is 32.8 Å². The first-order valence-electron chi connectivity index (χ1n) is 7.38. The Labute approximate surface area is 131 Å². The zero-order chi connectivity index (χ0) is 15.2. The van der Waals surface area contributed by atoms with Crippen molar-refractivity contribution in [3.8, 4) is 5.75 Å². The Hall–Kier alpha value is -1.20. The van der Waals surface area contributed by atoms with Crippen molar-refractivity contribution in [2.75, 3.05) is 43.9 Å². The third kappa shape index (κ3) is 4.64. The molecule has 1 amide bonds. The fourth-order valence-corrected chi connectivity index (χ4v) is 3.22. The van der Waals surface area contributed by atoms with Gasteiger partial charge >= 0.3 is 0 Å². The molecule has 21 heavy (non-hydrogen) atoms. The van der Waals surface area contributed by atoms with Crippen LogP contribution in [-0.2, 0) is 4.79 Å². The fraction of sp³-hybridized carbons (Fsp3) is 0.562. The predicted octanol–water partition coefficient (Wildman–Crippen LogP) is 2.49. The molecule has 1 aliphatic heterocycles. The van der Waals surface area contributed by atoms with E-state index in [1.165, 1.54) is 0 Å². The van der Waals surface area contributed by atoms with E-state index in [1.54, 1.807) is 7.11 Å². The van der Waals surface area contributed by atoms with Crippen molar-refractivity contribution in [3.05, 3.63) is 24.3 Å². The molecule has 0 aliphatic carbocycles. The van der Waals surface area contributed by atoms with Gasteiger partial charge in [0, 0.05) is 37.1 Å². The van der Waals surface area contributed by atoms with Crippen LogP contribution in [0.4, 0.5) is 5.69 Å². The van der Waals surface area contributed by atoms with Crippen molar-refractivity contribution in [1.82, 2.24) is 4.90 Å². The molecule has 0 aromatic heterocycles. The summed E-state index contributed by atoms with van der Waals surface area (Å²) in [5.41, 5.74) is 0.926. The maximum Gasteiger partial charge on any atom is 0.241 e. The van der Waals surface area contributed by atoms with Gasteiger partial charge in [-0.1, -0.05) is 19.9 Å². The van der Waals surface area contributed by atoms with Crippen LogP contribution in [0.25, 0.3) is 0 Å². The number of methoxy groups -OCH3 is 1. The lowest BCUT2D eigenvalue weighted by atomic mass is 10.2. The van der Waals surface area contributed by atoms with Crippen LogP contribution in [0.1, 0.15) is 13.8 Å². The molecule has 0 saturated carbocycles. The molecule has 116 valence electrons. The molecule has 0 N–H and O–H groups in total. The van der Waals surface area contributed by atoms with E-state index in [9.17, 15) is 4.79 Å². The number of anilines is 1. The summed E-state index contributed by atoms with van der Waals surface area (Å²) < 4.78 is 5.23. The molecule has 0 bridgehead atoms. The minimum atomic E-state index is 0.170. The summed E-state index contributed by atoms with van der Waals surface area (Å²) in [7, 11) is 1.64. The first-order valence-corrected chi connectivity index (χ1v) is 8.43. The number of carbonyl (C=O) groups excluding carboxylic acids is 1. The van der Waals surface area contributed by atoms with Crippen molar-refractivity contribution in [3.63, 3.8) is 0 Å². The summed E-state index contributed by atoms with van der Waals surface area (Å²) in [4.78, 5) is 16.4. The number of benzene rings is 1. The zero-order valence-electron chi connectivity index (χ0n) is 13.0. The summed E-state index contributed by atoms with van der Waals surface area (Å²) >= 11 is 1.95. The Bertz CT molecular complexity index is 479. The second-order valence-corrected chi connectivity index (χ2v) is 7.13. The molecule has 0 radical (unpaired) electrons. The average Bonchev–Trinajstić information content (AvgIpc) is 2.47. The highest BCUT2D eigenvalue weighted by Crippen LogP contribution is 2.22. The van der Waals surface area contributed by atoms with E-state index in [0.29, 0.717) is 11.8 Å². The number of thioether (sulfide) groups is 1. The Morgan fingerprint density at radius 1 is 1.33 bits per heavy atom. The minimum absolute atomic E-state index is 0.170. The maximum atomic E-state index is 12.3. The van der Waals surface area contributed by atoms with Gasteiger partial charge in [0.15, 0.2) is 0 Å². The SMILES string of the molecule is COc1cccc(N2CCN(CCSC(C)C)CC2=O)c1. The lowest BCUT2D eigenvalue weighted by molar-refractivity contribution is -0.121. The van der Waals surface area contributed by atoms with E-state index >= 15 is 0 Å². The molecule has 5 heteroatoms. The third-order valence-electron chi connectivity index (χ3n) is 3.52. The summed E-state index contributed by atoms with van der Waals surface area (Å²) in [5.74, 6) is 2.05. The second kappa shape index (κ2) is 7.71. The Kier molecular flexibility index (Phi) is 5.94. The molecule has 0 atom stereocenters. The largest absolute Gasteiger partial charge is 0.497 e. The van der Waals surface area contributed by atoms with Gasteiger partial charge < -0.3 is 9.64 Å². The van der Waals surface area contributed by atoms with E-state index in [-0.39, 0.29) is 5.91 Å². The van der Waals surface area contributed by atoms with Crippen molar-refractivity contribution in [1.29, 1.82) is 0 Å². The van der Waals surface area contributed by atoms with Crippen LogP contribution in [0.3, 0.4) is 0 Å². The van der Waals surface area contributed by atoms with Crippen molar-refractivity contribution >= 4 is 23.4 Å². The number of nitrogens with zero attached hydrogens (tertiary/aromatic N) is 2. The predicted molar refractivity (Wildman–Crippen MR) is 89.4 cm³/mol. The number of ether oxygens (including phenoxy) is 1. The molecule has 1 aromatic rings. The standard InChI is InChI=1S/C16H24N2O2S/c1-13(2)21-10-9-17-7-8-18(16(19)12-17)14-5-4-6-15(11-14)20-3/h4-6,11,13H,7-10,12H2,1-3H3. The summed E-state index contributed by atoms with van der Waals surface area (Å²) in [6.45, 7) is 7.59. The van der Waals surface area contributed by atoms with Crippen molar-refractivity contribution in [2.24, 2.45) is 0 Å². The van der Waals surface area contributed by atoms with Gasteiger partial charge in [-0.05, 0) is 17.4 Å². The third-order valence-corrected chi connectivity index (χ3v) is 4.61. The molecule has 4 nitrogen and oxygen atoms in total. The molecule has 2 rings (SSSR count). The van der Waals surface area contributed by atoms with Crippen LogP contribution in [0.5, 0.6) is 5.75 Å². The number of piperazine rings is 1. The molecule has 1 saturated heterocycles. The molecule has 1 fully saturated rings. The van der Waals surface area contributed by atoms with E-state index in [0.717, 1.165) is 36.8 Å². The second-order valence-electron chi connectivity index (χ2n) is 5.44. The van der Waals surface area contributed by atoms with E-state index in [4.69, 9.17) is 4.74 Å². The smallest absolute Gasteiger partial charge is 0.241 e. The van der Waals surface area contributed by atoms with Crippen LogP contribution in [0, 0.1) is 0 Å².